The van der Waals surface area contributed by atoms with E-state index < -0.39 is 0 Å². The van der Waals surface area contributed by atoms with Crippen LogP contribution in [0.5, 0.6) is 0 Å². The van der Waals surface area contributed by atoms with E-state index in [4.69, 9.17) is 0 Å². The van der Waals surface area contributed by atoms with Gasteiger partial charge in [0.25, 0.3) is 0 Å². The molecule has 0 radical (unpaired) electrons. The molecule has 1 nitrogen and oxygen atoms in total. The second-order valence-electron chi connectivity index (χ2n) is 1.58. The molecule has 48 valence electrons. The number of hydrogen-bond donors (Lipinski definition) is 0. The zero-order chi connectivity index (χ0) is 6.53. The molecule has 2 heteroatoms. The summed E-state index contributed by atoms with van der Waals surface area (Å²) in [6.07, 6.45) is 0. The Morgan fingerprint density at radius 1 is 1.22 bits per heavy atom. The second kappa shape index (κ2) is 3.54. The van der Waals surface area contributed by atoms with Crippen molar-refractivity contribution < 1.29 is 5.11 Å². The molecule has 0 saturated heterocycles. The Morgan fingerprint density at radius 3 is 2.44 bits per heavy atom. The minimum absolute atomic E-state index is 0.0932. The molecule has 0 spiro atoms. The first kappa shape index (κ1) is 6.65. The van der Waals surface area contributed by atoms with Gasteiger partial charge in [-0.15, -0.1) is 11.8 Å². The van der Waals surface area contributed by atoms with Crippen molar-refractivity contribution in [1.29, 1.82) is 0 Å². The predicted octanol–water partition coefficient (Wildman–Crippen LogP) is 1.10. The van der Waals surface area contributed by atoms with Crippen LogP contribution in [0.15, 0.2) is 35.2 Å². The van der Waals surface area contributed by atoms with Crippen molar-refractivity contribution in [3.63, 3.8) is 0 Å². The molecule has 0 atom stereocenters. The smallest absolute Gasteiger partial charge is 0.00582 e. The Labute approximate surface area is 58.7 Å². The summed E-state index contributed by atoms with van der Waals surface area (Å²) < 4.78 is 0. The summed E-state index contributed by atoms with van der Waals surface area (Å²) >= 11 is 1.32. The van der Waals surface area contributed by atoms with Crippen LogP contribution >= 0.6 is 11.8 Å². The minimum Gasteiger partial charge on any atom is -0.846 e. The quantitative estimate of drug-likeness (QED) is 0.452. The van der Waals surface area contributed by atoms with E-state index in [9.17, 15) is 5.11 Å². The third-order valence-electron chi connectivity index (χ3n) is 0.969. The molecule has 1 aromatic rings. The third-order valence-corrected chi connectivity index (χ3v) is 1.69. The minimum atomic E-state index is -0.0932. The summed E-state index contributed by atoms with van der Waals surface area (Å²) in [5.41, 5.74) is 0. The summed E-state index contributed by atoms with van der Waals surface area (Å²) in [4.78, 5) is 1.05. The van der Waals surface area contributed by atoms with Crippen molar-refractivity contribution in [2.45, 2.75) is 4.90 Å². The van der Waals surface area contributed by atoms with Gasteiger partial charge in [0.2, 0.25) is 0 Å². The zero-order valence-corrected chi connectivity index (χ0v) is 5.73. The predicted molar refractivity (Wildman–Crippen MR) is 37.2 cm³/mol. The highest BCUT2D eigenvalue weighted by molar-refractivity contribution is 7.99. The third kappa shape index (κ3) is 2.08. The SMILES string of the molecule is [O-]CSc1ccccc1. The van der Waals surface area contributed by atoms with Crippen LogP contribution < -0.4 is 5.11 Å². The Morgan fingerprint density at radius 2 is 1.89 bits per heavy atom. The average molecular weight is 139 g/mol. The lowest BCUT2D eigenvalue weighted by molar-refractivity contribution is -0.338. The lowest BCUT2D eigenvalue weighted by Gasteiger charge is -2.01. The van der Waals surface area contributed by atoms with Gasteiger partial charge >= 0.3 is 0 Å². The molecule has 0 aliphatic carbocycles. The van der Waals surface area contributed by atoms with Crippen LogP contribution in [0, 0.1) is 0 Å². The van der Waals surface area contributed by atoms with Gasteiger partial charge < -0.3 is 5.11 Å². The van der Waals surface area contributed by atoms with Gasteiger partial charge in [-0.1, -0.05) is 24.1 Å². The normalized spacial score (nSPS) is 9.44. The molecule has 0 heterocycles. The van der Waals surface area contributed by atoms with Crippen molar-refractivity contribution in [3.8, 4) is 0 Å². The molecule has 0 aromatic heterocycles. The van der Waals surface area contributed by atoms with E-state index >= 15 is 0 Å². The van der Waals surface area contributed by atoms with Gasteiger partial charge in [-0.3, -0.25) is 0 Å². The summed E-state index contributed by atoms with van der Waals surface area (Å²) in [6, 6.07) is 9.66. The molecule has 0 bridgehead atoms. The lowest BCUT2D eigenvalue weighted by atomic mass is 10.4. The van der Waals surface area contributed by atoms with Crippen molar-refractivity contribution in [2.75, 3.05) is 5.94 Å². The molecule has 0 N–H and O–H groups in total. The van der Waals surface area contributed by atoms with Crippen molar-refractivity contribution >= 4 is 11.8 Å². The van der Waals surface area contributed by atoms with Crippen molar-refractivity contribution in [3.05, 3.63) is 30.3 Å². The van der Waals surface area contributed by atoms with Gasteiger partial charge in [-0.25, -0.2) is 0 Å². The fourth-order valence-corrected chi connectivity index (χ4v) is 1.07. The highest BCUT2D eigenvalue weighted by Gasteiger charge is 1.82. The topological polar surface area (TPSA) is 23.1 Å². The van der Waals surface area contributed by atoms with Crippen LogP contribution in [0.4, 0.5) is 0 Å². The summed E-state index contributed by atoms with van der Waals surface area (Å²) in [5.74, 6) is -0.0932. The van der Waals surface area contributed by atoms with Gasteiger partial charge in [0.05, 0.1) is 0 Å². The van der Waals surface area contributed by atoms with Gasteiger partial charge in [0.1, 0.15) is 0 Å². The monoisotopic (exact) mass is 139 g/mol. The highest BCUT2D eigenvalue weighted by Crippen LogP contribution is 2.13. The lowest BCUT2D eigenvalue weighted by Crippen LogP contribution is -1.98. The maximum atomic E-state index is 10.1. The fourth-order valence-electron chi connectivity index (χ4n) is 0.585. The Balaban J connectivity index is 2.61. The molecule has 0 saturated carbocycles. The second-order valence-corrected chi connectivity index (χ2v) is 2.57. The standard InChI is InChI=1S/C7H7OS/c8-6-9-7-4-2-1-3-5-7/h1-5H,6H2/q-1. The number of benzene rings is 1. The molecule has 0 aliphatic heterocycles. The molecular weight excluding hydrogens is 132 g/mol. The summed E-state index contributed by atoms with van der Waals surface area (Å²) in [6.45, 7) is 0. The highest BCUT2D eigenvalue weighted by atomic mass is 32.2. The molecule has 0 fully saturated rings. The Bertz CT molecular complexity index is 162. The van der Waals surface area contributed by atoms with Crippen molar-refractivity contribution in [2.24, 2.45) is 0 Å². The first-order valence-corrected chi connectivity index (χ1v) is 3.68. The Kier molecular flexibility index (Phi) is 2.61. The maximum Gasteiger partial charge on any atom is 0.00582 e. The Hall–Kier alpha value is -0.470. The first-order valence-electron chi connectivity index (χ1n) is 2.69. The van der Waals surface area contributed by atoms with E-state index in [1.54, 1.807) is 0 Å². The van der Waals surface area contributed by atoms with E-state index in [-0.39, 0.29) is 5.94 Å². The van der Waals surface area contributed by atoms with Crippen LogP contribution in [0.3, 0.4) is 0 Å². The van der Waals surface area contributed by atoms with Gasteiger partial charge in [-0.2, -0.15) is 0 Å². The van der Waals surface area contributed by atoms with Crippen LogP contribution in [0.1, 0.15) is 0 Å². The molecular formula is C7H7OS-. The fraction of sp³-hybridized carbons (Fsp3) is 0.143. The molecule has 0 aliphatic rings. The number of thioether (sulfide) groups is 1. The average Bonchev–Trinajstić information content (AvgIpc) is 1.91. The molecule has 0 unspecified atom stereocenters. The molecule has 1 rings (SSSR count). The van der Waals surface area contributed by atoms with Crippen LogP contribution in [0.25, 0.3) is 0 Å². The van der Waals surface area contributed by atoms with E-state index in [2.05, 4.69) is 0 Å². The van der Waals surface area contributed by atoms with Gasteiger partial charge in [0, 0.05) is 4.90 Å². The van der Waals surface area contributed by atoms with E-state index in [0.29, 0.717) is 0 Å². The van der Waals surface area contributed by atoms with Crippen LogP contribution in [0.2, 0.25) is 0 Å². The molecule has 1 aromatic carbocycles. The molecule has 9 heavy (non-hydrogen) atoms. The van der Waals surface area contributed by atoms with E-state index in [1.165, 1.54) is 11.8 Å². The first-order chi connectivity index (χ1) is 4.43. The van der Waals surface area contributed by atoms with E-state index in [0.717, 1.165) is 4.90 Å². The zero-order valence-electron chi connectivity index (χ0n) is 4.91. The number of hydrogen-bond acceptors (Lipinski definition) is 2. The number of rotatable bonds is 2. The largest absolute Gasteiger partial charge is 0.846 e. The maximum absolute atomic E-state index is 10.1. The molecule has 0 amide bonds. The summed E-state index contributed by atoms with van der Waals surface area (Å²) in [7, 11) is 0. The van der Waals surface area contributed by atoms with Gasteiger partial charge in [0.15, 0.2) is 0 Å². The van der Waals surface area contributed by atoms with Crippen molar-refractivity contribution in [1.82, 2.24) is 0 Å². The van der Waals surface area contributed by atoms with Crippen LogP contribution in [-0.2, 0) is 0 Å². The summed E-state index contributed by atoms with van der Waals surface area (Å²) in [5, 5.41) is 10.1. The van der Waals surface area contributed by atoms with Crippen LogP contribution in [-0.4, -0.2) is 5.94 Å². The van der Waals surface area contributed by atoms with E-state index in [1.807, 2.05) is 30.3 Å². The van der Waals surface area contributed by atoms with Gasteiger partial charge in [-0.05, 0) is 12.1 Å².